The fourth-order valence-electron chi connectivity index (χ4n) is 1.14. The Labute approximate surface area is 112 Å². The fraction of sp³-hybridized carbons (Fsp3) is 0.833. The Hall–Kier alpha value is -1.21. The van der Waals surface area contributed by atoms with Gasteiger partial charge in [-0.25, -0.2) is 4.39 Å². The van der Waals surface area contributed by atoms with Gasteiger partial charge in [-0.3, -0.25) is 9.59 Å². The Morgan fingerprint density at radius 3 is 2.37 bits per heavy atom. The van der Waals surface area contributed by atoms with Crippen molar-refractivity contribution in [3.63, 3.8) is 0 Å². The molecule has 0 aliphatic heterocycles. The van der Waals surface area contributed by atoms with Crippen molar-refractivity contribution < 1.29 is 28.6 Å². The van der Waals surface area contributed by atoms with Crippen LogP contribution in [0.3, 0.4) is 0 Å². The number of hydrogen-bond donors (Lipinski definition) is 2. The van der Waals surface area contributed by atoms with Gasteiger partial charge in [0, 0.05) is 6.42 Å². The summed E-state index contributed by atoms with van der Waals surface area (Å²) in [7, 11) is 0. The number of carboxylic acid groups (broad SMARTS) is 1. The van der Waals surface area contributed by atoms with E-state index in [0.29, 0.717) is 0 Å². The first-order valence-corrected chi connectivity index (χ1v) is 6.04. The van der Waals surface area contributed by atoms with E-state index in [1.807, 2.05) is 0 Å². The molecule has 0 amide bonds. The average Bonchev–Trinajstić information content (AvgIpc) is 2.23. The molecule has 0 fully saturated rings. The minimum atomic E-state index is -1.35. The van der Waals surface area contributed by atoms with Crippen LogP contribution in [0.25, 0.3) is 0 Å². The number of ether oxygens (including phenoxy) is 2. The molecule has 3 N–H and O–H groups in total. The van der Waals surface area contributed by atoms with Gasteiger partial charge in [0.05, 0.1) is 13.2 Å². The molecule has 0 rings (SSSR count). The van der Waals surface area contributed by atoms with Gasteiger partial charge in [0.1, 0.15) is 17.8 Å². The quantitative estimate of drug-likeness (QED) is 0.640. The summed E-state index contributed by atoms with van der Waals surface area (Å²) in [6.45, 7) is 4.64. The van der Waals surface area contributed by atoms with Gasteiger partial charge in [-0.2, -0.15) is 0 Å². The number of nitrogens with two attached hydrogens (primary N) is 1. The van der Waals surface area contributed by atoms with E-state index in [1.165, 1.54) is 0 Å². The number of alkyl halides is 1. The molecule has 0 saturated heterocycles. The molecule has 0 radical (unpaired) electrons. The average molecular weight is 279 g/mol. The van der Waals surface area contributed by atoms with Crippen molar-refractivity contribution in [3.8, 4) is 0 Å². The van der Waals surface area contributed by atoms with Crippen molar-refractivity contribution >= 4 is 11.9 Å². The monoisotopic (exact) mass is 279 g/mol. The highest BCUT2D eigenvalue weighted by Crippen LogP contribution is 2.11. The lowest BCUT2D eigenvalue weighted by Crippen LogP contribution is -2.35. The molecule has 0 aliphatic rings. The molecule has 0 aromatic rings. The molecule has 6 nitrogen and oxygen atoms in total. The molecular weight excluding hydrogens is 257 g/mol. The summed E-state index contributed by atoms with van der Waals surface area (Å²) in [5.74, 6) is -1.68. The Kier molecular flexibility index (Phi) is 7.55. The summed E-state index contributed by atoms with van der Waals surface area (Å²) in [4.78, 5) is 21.7. The molecule has 0 saturated carbocycles. The zero-order chi connectivity index (χ0) is 15.1. The van der Waals surface area contributed by atoms with E-state index in [9.17, 15) is 14.0 Å². The molecule has 112 valence electrons. The Morgan fingerprint density at radius 2 is 1.89 bits per heavy atom. The number of carbonyl (C=O) groups excluding carboxylic acids is 1. The smallest absolute Gasteiger partial charge is 0.322 e. The first-order valence-electron chi connectivity index (χ1n) is 6.04. The van der Waals surface area contributed by atoms with Gasteiger partial charge in [-0.15, -0.1) is 0 Å². The first-order chi connectivity index (χ1) is 8.61. The second-order valence-corrected chi connectivity index (χ2v) is 5.20. The molecule has 7 heteroatoms. The predicted molar refractivity (Wildman–Crippen MR) is 66.4 cm³/mol. The molecule has 0 aromatic heterocycles. The molecule has 0 aliphatic carbocycles. The Morgan fingerprint density at radius 1 is 1.32 bits per heavy atom. The minimum absolute atomic E-state index is 0.0305. The van der Waals surface area contributed by atoms with Crippen LogP contribution < -0.4 is 5.73 Å². The van der Waals surface area contributed by atoms with Crippen molar-refractivity contribution in [2.75, 3.05) is 13.2 Å². The zero-order valence-corrected chi connectivity index (χ0v) is 11.5. The van der Waals surface area contributed by atoms with Crippen LogP contribution in [-0.4, -0.2) is 48.1 Å². The molecule has 2 atom stereocenters. The van der Waals surface area contributed by atoms with Gasteiger partial charge in [0.2, 0.25) is 0 Å². The lowest BCUT2D eigenvalue weighted by atomic mass is 10.2. The van der Waals surface area contributed by atoms with Crippen LogP contribution in [0, 0.1) is 0 Å². The summed E-state index contributed by atoms with van der Waals surface area (Å²) < 4.78 is 23.2. The third kappa shape index (κ3) is 10.4. The van der Waals surface area contributed by atoms with Gasteiger partial charge in [-0.05, 0) is 27.2 Å². The topological polar surface area (TPSA) is 98.9 Å². The number of aliphatic carboxylic acids is 1. The summed E-state index contributed by atoms with van der Waals surface area (Å²) >= 11 is 0. The second kappa shape index (κ2) is 8.06. The standard InChI is InChI=1S/C12H22FNO5/c1-12(2,3)19-10(15)5-4-8(13)6-18-7-9(14)11(16)17/h8-9H,4-7,14H2,1-3H3,(H,16,17)/t8-,9-/m0/s1. The first kappa shape index (κ1) is 17.8. The number of hydrogen-bond acceptors (Lipinski definition) is 5. The normalized spacial score (nSPS) is 14.8. The highest BCUT2D eigenvalue weighted by atomic mass is 19.1. The van der Waals surface area contributed by atoms with Crippen molar-refractivity contribution in [1.29, 1.82) is 0 Å². The summed E-state index contributed by atoms with van der Waals surface area (Å²) in [6.07, 6.45) is -1.43. The van der Waals surface area contributed by atoms with Crippen molar-refractivity contribution in [2.24, 2.45) is 5.73 Å². The number of esters is 1. The van der Waals surface area contributed by atoms with E-state index in [2.05, 4.69) is 0 Å². The third-order valence-corrected chi connectivity index (χ3v) is 2.00. The maximum Gasteiger partial charge on any atom is 0.322 e. The summed E-state index contributed by atoms with van der Waals surface area (Å²) in [5.41, 5.74) is 4.58. The second-order valence-electron chi connectivity index (χ2n) is 5.20. The molecule has 0 heterocycles. The molecule has 0 bridgehead atoms. The summed E-state index contributed by atoms with van der Waals surface area (Å²) in [5, 5.41) is 8.47. The van der Waals surface area contributed by atoms with Gasteiger partial charge in [0.15, 0.2) is 0 Å². The fourth-order valence-corrected chi connectivity index (χ4v) is 1.14. The highest BCUT2D eigenvalue weighted by Gasteiger charge is 2.18. The van der Waals surface area contributed by atoms with E-state index in [1.54, 1.807) is 20.8 Å². The van der Waals surface area contributed by atoms with Crippen molar-refractivity contribution in [1.82, 2.24) is 0 Å². The van der Waals surface area contributed by atoms with Crippen LogP contribution in [-0.2, 0) is 19.1 Å². The number of rotatable bonds is 8. The molecular formula is C12H22FNO5. The van der Waals surface area contributed by atoms with E-state index in [0.717, 1.165) is 0 Å². The van der Waals surface area contributed by atoms with Crippen molar-refractivity contribution in [3.05, 3.63) is 0 Å². The largest absolute Gasteiger partial charge is 0.480 e. The van der Waals surface area contributed by atoms with Crippen LogP contribution in [0.2, 0.25) is 0 Å². The van der Waals surface area contributed by atoms with Crippen LogP contribution in [0.15, 0.2) is 0 Å². The molecule has 0 aromatic carbocycles. The Bertz CT molecular complexity index is 303. The lowest BCUT2D eigenvalue weighted by molar-refractivity contribution is -0.155. The van der Waals surface area contributed by atoms with E-state index in [-0.39, 0.29) is 26.1 Å². The Balaban J connectivity index is 3.73. The molecule has 19 heavy (non-hydrogen) atoms. The molecule has 0 unspecified atom stereocenters. The van der Waals surface area contributed by atoms with Gasteiger partial charge in [0.25, 0.3) is 0 Å². The van der Waals surface area contributed by atoms with Gasteiger partial charge >= 0.3 is 11.9 Å². The van der Waals surface area contributed by atoms with E-state index >= 15 is 0 Å². The minimum Gasteiger partial charge on any atom is -0.480 e. The SMILES string of the molecule is CC(C)(C)OC(=O)CC[C@H](F)COC[C@H](N)C(=O)O. The predicted octanol–water partition coefficient (Wildman–Crippen LogP) is 0.875. The van der Waals surface area contributed by atoms with Crippen LogP contribution in [0.4, 0.5) is 4.39 Å². The van der Waals surface area contributed by atoms with Crippen molar-refractivity contribution in [2.45, 2.75) is 51.4 Å². The van der Waals surface area contributed by atoms with Crippen LogP contribution in [0.1, 0.15) is 33.6 Å². The maximum atomic E-state index is 13.3. The van der Waals surface area contributed by atoms with Gasteiger partial charge in [-0.1, -0.05) is 0 Å². The highest BCUT2D eigenvalue weighted by molar-refractivity contribution is 5.73. The molecule has 0 spiro atoms. The van der Waals surface area contributed by atoms with Crippen LogP contribution in [0.5, 0.6) is 0 Å². The zero-order valence-electron chi connectivity index (χ0n) is 11.5. The van der Waals surface area contributed by atoms with Gasteiger partial charge < -0.3 is 20.3 Å². The number of carboxylic acids is 1. The summed E-state index contributed by atoms with van der Waals surface area (Å²) in [6, 6.07) is -1.17. The van der Waals surface area contributed by atoms with E-state index in [4.69, 9.17) is 20.3 Å². The number of carbonyl (C=O) groups is 2. The maximum absolute atomic E-state index is 13.3. The number of halogens is 1. The van der Waals surface area contributed by atoms with Crippen LogP contribution >= 0.6 is 0 Å². The lowest BCUT2D eigenvalue weighted by Gasteiger charge is -2.19. The van der Waals surface area contributed by atoms with E-state index < -0.39 is 29.8 Å². The third-order valence-electron chi connectivity index (χ3n) is 2.00.